The zero-order valence-corrected chi connectivity index (χ0v) is 11.6. The summed E-state index contributed by atoms with van der Waals surface area (Å²) >= 11 is 0. The summed E-state index contributed by atoms with van der Waals surface area (Å²) in [5.74, 6) is 1.63. The van der Waals surface area contributed by atoms with Crippen molar-refractivity contribution >= 4 is 5.97 Å². The lowest BCUT2D eigenvalue weighted by atomic mass is 9.75. The van der Waals surface area contributed by atoms with Crippen molar-refractivity contribution in [3.05, 3.63) is 12.2 Å². The van der Waals surface area contributed by atoms with Gasteiger partial charge in [0.2, 0.25) is 0 Å². The predicted octanol–water partition coefficient (Wildman–Crippen LogP) is 3.96. The van der Waals surface area contributed by atoms with Gasteiger partial charge in [-0.1, -0.05) is 40.2 Å². The van der Waals surface area contributed by atoms with E-state index in [1.54, 1.807) is 6.08 Å². The van der Waals surface area contributed by atoms with Gasteiger partial charge in [-0.3, -0.25) is 0 Å². The van der Waals surface area contributed by atoms with E-state index in [9.17, 15) is 4.79 Å². The third-order valence-electron chi connectivity index (χ3n) is 3.72. The number of esters is 1. The summed E-state index contributed by atoms with van der Waals surface area (Å²) in [6.45, 7) is 8.72. The van der Waals surface area contributed by atoms with E-state index in [0.717, 1.165) is 12.8 Å². The van der Waals surface area contributed by atoms with Gasteiger partial charge >= 0.3 is 5.97 Å². The maximum Gasteiger partial charge on any atom is 0.330 e. The molecule has 0 aromatic rings. The average molecular weight is 238 g/mol. The summed E-state index contributed by atoms with van der Waals surface area (Å²) in [6, 6.07) is 0. The molecular formula is C15H26O2. The molecule has 3 atom stereocenters. The van der Waals surface area contributed by atoms with E-state index in [-0.39, 0.29) is 12.1 Å². The maximum absolute atomic E-state index is 11.6. The summed E-state index contributed by atoms with van der Waals surface area (Å²) in [6.07, 6.45) is 7.90. The highest BCUT2D eigenvalue weighted by atomic mass is 16.5. The summed E-state index contributed by atoms with van der Waals surface area (Å²) in [4.78, 5) is 11.6. The third kappa shape index (κ3) is 4.53. The highest BCUT2D eigenvalue weighted by Crippen LogP contribution is 2.35. The van der Waals surface area contributed by atoms with Crippen LogP contribution in [0.5, 0.6) is 0 Å². The second-order valence-corrected chi connectivity index (χ2v) is 5.61. The first-order chi connectivity index (χ1) is 8.04. The van der Waals surface area contributed by atoms with Crippen molar-refractivity contribution < 1.29 is 9.53 Å². The van der Waals surface area contributed by atoms with E-state index < -0.39 is 0 Å². The lowest BCUT2D eigenvalue weighted by molar-refractivity contribution is -0.149. The molecule has 0 N–H and O–H groups in total. The van der Waals surface area contributed by atoms with Crippen molar-refractivity contribution in [3.63, 3.8) is 0 Å². The largest absolute Gasteiger partial charge is 0.459 e. The van der Waals surface area contributed by atoms with Crippen LogP contribution in [0, 0.1) is 17.8 Å². The normalized spacial score (nSPS) is 29.8. The van der Waals surface area contributed by atoms with Crippen molar-refractivity contribution in [3.8, 4) is 0 Å². The van der Waals surface area contributed by atoms with Gasteiger partial charge in [0.25, 0.3) is 0 Å². The highest BCUT2D eigenvalue weighted by Gasteiger charge is 2.32. The maximum atomic E-state index is 11.6. The molecule has 1 saturated carbocycles. The smallest absolute Gasteiger partial charge is 0.330 e. The Balaban J connectivity index is 2.57. The fraction of sp³-hybridized carbons (Fsp3) is 0.800. The molecule has 2 nitrogen and oxygen atoms in total. The minimum atomic E-state index is -0.170. The van der Waals surface area contributed by atoms with Crippen LogP contribution < -0.4 is 0 Å². The quantitative estimate of drug-likeness (QED) is 0.547. The molecule has 3 unspecified atom stereocenters. The molecule has 98 valence electrons. The standard InChI is InChI=1S/C15H26O2/c1-5-6-7-15(16)17-14-10-12(4)8-9-13(14)11(2)3/h6-7,11-14H,5,8-10H2,1-4H3. The first-order valence-corrected chi connectivity index (χ1v) is 6.91. The van der Waals surface area contributed by atoms with Gasteiger partial charge in [-0.15, -0.1) is 0 Å². The Morgan fingerprint density at radius 1 is 1.41 bits per heavy atom. The van der Waals surface area contributed by atoms with E-state index in [0.29, 0.717) is 17.8 Å². The van der Waals surface area contributed by atoms with Gasteiger partial charge in [0, 0.05) is 6.08 Å². The number of allylic oxidation sites excluding steroid dienone is 1. The molecule has 1 rings (SSSR count). The first-order valence-electron chi connectivity index (χ1n) is 6.91. The molecule has 0 amide bonds. The van der Waals surface area contributed by atoms with Gasteiger partial charge in [0.15, 0.2) is 0 Å². The highest BCUT2D eigenvalue weighted by molar-refractivity contribution is 5.82. The van der Waals surface area contributed by atoms with Crippen LogP contribution in [-0.4, -0.2) is 12.1 Å². The number of carbonyl (C=O) groups is 1. The lowest BCUT2D eigenvalue weighted by Crippen LogP contribution is -2.35. The Hall–Kier alpha value is -0.790. The Bertz CT molecular complexity index is 268. The molecule has 0 bridgehead atoms. The van der Waals surface area contributed by atoms with E-state index in [2.05, 4.69) is 20.8 Å². The molecule has 0 heterocycles. The molecule has 0 radical (unpaired) electrons. The van der Waals surface area contributed by atoms with Gasteiger partial charge in [0.1, 0.15) is 6.10 Å². The van der Waals surface area contributed by atoms with Crippen LogP contribution in [0.15, 0.2) is 12.2 Å². The van der Waals surface area contributed by atoms with Gasteiger partial charge in [0.05, 0.1) is 0 Å². The second-order valence-electron chi connectivity index (χ2n) is 5.61. The van der Waals surface area contributed by atoms with Gasteiger partial charge in [-0.25, -0.2) is 4.79 Å². The van der Waals surface area contributed by atoms with Crippen molar-refractivity contribution in [2.75, 3.05) is 0 Å². The summed E-state index contributed by atoms with van der Waals surface area (Å²) in [5.41, 5.74) is 0. The predicted molar refractivity (Wildman–Crippen MR) is 70.7 cm³/mol. The summed E-state index contributed by atoms with van der Waals surface area (Å²) in [7, 11) is 0. The molecule has 1 aliphatic rings. The molecule has 0 aromatic carbocycles. The molecule has 0 spiro atoms. The number of hydrogen-bond donors (Lipinski definition) is 0. The first kappa shape index (κ1) is 14.3. The average Bonchev–Trinajstić information content (AvgIpc) is 2.26. The van der Waals surface area contributed by atoms with Crippen molar-refractivity contribution in [2.24, 2.45) is 17.8 Å². The van der Waals surface area contributed by atoms with E-state index in [4.69, 9.17) is 4.74 Å². The van der Waals surface area contributed by atoms with Crippen molar-refractivity contribution in [2.45, 2.75) is 59.5 Å². The Kier molecular flexibility index (Phi) is 5.73. The molecule has 2 heteroatoms. The number of ether oxygens (including phenoxy) is 1. The van der Waals surface area contributed by atoms with Crippen LogP contribution in [0.2, 0.25) is 0 Å². The summed E-state index contributed by atoms with van der Waals surface area (Å²) in [5, 5.41) is 0. The van der Waals surface area contributed by atoms with Crippen LogP contribution in [0.4, 0.5) is 0 Å². The van der Waals surface area contributed by atoms with Crippen LogP contribution in [-0.2, 0) is 9.53 Å². The van der Waals surface area contributed by atoms with Crippen molar-refractivity contribution in [1.29, 1.82) is 0 Å². The summed E-state index contributed by atoms with van der Waals surface area (Å²) < 4.78 is 5.61. The molecule has 1 fully saturated rings. The van der Waals surface area contributed by atoms with Crippen LogP contribution >= 0.6 is 0 Å². The zero-order chi connectivity index (χ0) is 12.8. The van der Waals surface area contributed by atoms with E-state index in [1.807, 2.05) is 13.0 Å². The fourth-order valence-electron chi connectivity index (χ4n) is 2.65. The molecule has 1 aliphatic carbocycles. The van der Waals surface area contributed by atoms with E-state index >= 15 is 0 Å². The van der Waals surface area contributed by atoms with Crippen LogP contribution in [0.1, 0.15) is 53.4 Å². The van der Waals surface area contributed by atoms with Gasteiger partial charge < -0.3 is 4.74 Å². The Morgan fingerprint density at radius 2 is 2.12 bits per heavy atom. The van der Waals surface area contributed by atoms with Crippen LogP contribution in [0.3, 0.4) is 0 Å². The molecule has 0 aliphatic heterocycles. The van der Waals surface area contributed by atoms with Crippen molar-refractivity contribution in [1.82, 2.24) is 0 Å². The van der Waals surface area contributed by atoms with E-state index in [1.165, 1.54) is 12.8 Å². The number of hydrogen-bond acceptors (Lipinski definition) is 2. The lowest BCUT2D eigenvalue weighted by Gasteiger charge is -2.36. The molecular weight excluding hydrogens is 212 g/mol. The molecule has 0 saturated heterocycles. The zero-order valence-electron chi connectivity index (χ0n) is 11.6. The minimum absolute atomic E-state index is 0.118. The number of rotatable bonds is 4. The van der Waals surface area contributed by atoms with Gasteiger partial charge in [-0.05, 0) is 37.0 Å². The topological polar surface area (TPSA) is 26.3 Å². The second kappa shape index (κ2) is 6.83. The molecule has 17 heavy (non-hydrogen) atoms. The SMILES string of the molecule is CCC=CC(=O)OC1CC(C)CCC1C(C)C. The third-order valence-corrected chi connectivity index (χ3v) is 3.72. The fourth-order valence-corrected chi connectivity index (χ4v) is 2.65. The minimum Gasteiger partial charge on any atom is -0.459 e. The number of carbonyl (C=O) groups excluding carboxylic acids is 1. The monoisotopic (exact) mass is 238 g/mol. The Morgan fingerprint density at radius 3 is 2.71 bits per heavy atom. The van der Waals surface area contributed by atoms with Gasteiger partial charge in [-0.2, -0.15) is 0 Å². The Labute approximate surface area is 105 Å². The van der Waals surface area contributed by atoms with Crippen LogP contribution in [0.25, 0.3) is 0 Å². The molecule has 0 aromatic heterocycles.